The van der Waals surface area contributed by atoms with E-state index in [4.69, 9.17) is 4.74 Å². The van der Waals surface area contributed by atoms with Gasteiger partial charge in [0, 0.05) is 25.7 Å². The summed E-state index contributed by atoms with van der Waals surface area (Å²) in [6.07, 6.45) is 0. The van der Waals surface area contributed by atoms with E-state index in [0.29, 0.717) is 40.9 Å². The van der Waals surface area contributed by atoms with Gasteiger partial charge in [0.15, 0.2) is 5.13 Å². The number of amides is 2. The molecule has 1 fully saturated rings. The van der Waals surface area contributed by atoms with E-state index in [2.05, 4.69) is 15.6 Å². The van der Waals surface area contributed by atoms with Gasteiger partial charge in [-0.1, -0.05) is 17.4 Å². The summed E-state index contributed by atoms with van der Waals surface area (Å²) in [6.45, 7) is 2.42. The topological polar surface area (TPSA) is 83.6 Å². The average molecular weight is 414 g/mol. The fourth-order valence-corrected chi connectivity index (χ4v) is 4.16. The summed E-state index contributed by atoms with van der Waals surface area (Å²) in [5.41, 5.74) is 1.42. The first-order chi connectivity index (χ1) is 13.9. The quantitative estimate of drug-likeness (QED) is 0.668. The van der Waals surface area contributed by atoms with Gasteiger partial charge in [0.25, 0.3) is 0 Å². The van der Waals surface area contributed by atoms with E-state index < -0.39 is 0 Å². The summed E-state index contributed by atoms with van der Waals surface area (Å²) in [4.78, 5) is 30.2. The second kappa shape index (κ2) is 7.67. The van der Waals surface area contributed by atoms with E-state index in [1.54, 1.807) is 24.3 Å². The molecule has 0 radical (unpaired) electrons. The molecule has 29 heavy (non-hydrogen) atoms. The van der Waals surface area contributed by atoms with E-state index in [0.717, 1.165) is 4.70 Å². The lowest BCUT2D eigenvalue weighted by molar-refractivity contribution is -0.120. The van der Waals surface area contributed by atoms with Crippen molar-refractivity contribution in [3.05, 3.63) is 42.2 Å². The Morgan fingerprint density at radius 3 is 2.72 bits per heavy atom. The van der Waals surface area contributed by atoms with E-state index in [1.807, 2.05) is 11.0 Å². The number of carbonyl (C=O) groups is 2. The fourth-order valence-electron chi connectivity index (χ4n) is 3.16. The minimum Gasteiger partial charge on any atom is -0.495 e. The Morgan fingerprint density at radius 2 is 2.03 bits per heavy atom. The van der Waals surface area contributed by atoms with E-state index >= 15 is 0 Å². The van der Waals surface area contributed by atoms with Crippen LogP contribution in [0.15, 0.2) is 36.4 Å². The molecule has 1 aliphatic heterocycles. The number of thiazole rings is 1. The second-order valence-electron chi connectivity index (χ2n) is 6.77. The molecule has 0 saturated carbocycles. The van der Waals surface area contributed by atoms with Crippen molar-refractivity contribution in [1.82, 2.24) is 4.98 Å². The third-order valence-electron chi connectivity index (χ3n) is 4.66. The summed E-state index contributed by atoms with van der Waals surface area (Å²) in [7, 11) is 1.51. The van der Waals surface area contributed by atoms with Crippen LogP contribution in [0.1, 0.15) is 6.92 Å². The highest BCUT2D eigenvalue weighted by molar-refractivity contribution is 7.22. The number of nitrogens with one attached hydrogen (secondary N) is 2. The van der Waals surface area contributed by atoms with Crippen molar-refractivity contribution in [2.75, 3.05) is 35.7 Å². The fraction of sp³-hybridized carbons (Fsp3) is 0.250. The first kappa shape index (κ1) is 19.1. The zero-order chi connectivity index (χ0) is 20.5. The van der Waals surface area contributed by atoms with Crippen molar-refractivity contribution in [1.29, 1.82) is 0 Å². The third kappa shape index (κ3) is 3.86. The molecule has 2 N–H and O–H groups in total. The van der Waals surface area contributed by atoms with Crippen LogP contribution < -0.4 is 20.3 Å². The molecular formula is C20H19FN4O3S. The summed E-state index contributed by atoms with van der Waals surface area (Å²) in [5, 5.41) is 6.25. The van der Waals surface area contributed by atoms with Gasteiger partial charge in [0.05, 0.1) is 23.4 Å². The standard InChI is InChI=1S/C20H19FN4O3S/c1-11(26)22-13-6-7-16(28-2)15(8-13)23-19(27)12-9-25(10-12)20-24-18-14(21)4-3-5-17(18)29-20/h3-8,12H,9-10H2,1-2H3,(H,22,26)(H,23,27). The Labute approximate surface area is 170 Å². The Kier molecular flexibility index (Phi) is 5.06. The zero-order valence-electron chi connectivity index (χ0n) is 15.9. The van der Waals surface area contributed by atoms with Crippen molar-refractivity contribution in [3.63, 3.8) is 0 Å². The molecule has 1 aromatic heterocycles. The maximum atomic E-state index is 13.8. The van der Waals surface area contributed by atoms with Crippen molar-refractivity contribution in [3.8, 4) is 5.75 Å². The lowest BCUT2D eigenvalue weighted by atomic mass is 10.00. The number of carbonyl (C=O) groups excluding carboxylic acids is 2. The highest BCUT2D eigenvalue weighted by Gasteiger charge is 2.35. The number of hydrogen-bond acceptors (Lipinski definition) is 6. The van der Waals surface area contributed by atoms with Gasteiger partial charge in [-0.3, -0.25) is 9.59 Å². The highest BCUT2D eigenvalue weighted by atomic mass is 32.1. The maximum Gasteiger partial charge on any atom is 0.231 e. The van der Waals surface area contributed by atoms with Gasteiger partial charge in [-0.25, -0.2) is 9.37 Å². The van der Waals surface area contributed by atoms with E-state index in [1.165, 1.54) is 31.4 Å². The minimum atomic E-state index is -0.342. The summed E-state index contributed by atoms with van der Waals surface area (Å²) in [6, 6.07) is 9.93. The maximum absolute atomic E-state index is 13.8. The van der Waals surface area contributed by atoms with Crippen molar-refractivity contribution >= 4 is 49.9 Å². The van der Waals surface area contributed by atoms with Crippen LogP contribution in [0.3, 0.4) is 0 Å². The van der Waals surface area contributed by atoms with Crippen LogP contribution in [0.25, 0.3) is 10.2 Å². The number of halogens is 1. The number of aromatic nitrogens is 1. The normalized spacial score (nSPS) is 13.8. The number of ether oxygens (including phenoxy) is 1. The number of nitrogens with zero attached hydrogens (tertiary/aromatic N) is 2. The number of benzene rings is 2. The van der Waals surface area contributed by atoms with Crippen molar-refractivity contribution in [2.45, 2.75) is 6.92 Å². The average Bonchev–Trinajstić information content (AvgIpc) is 3.05. The SMILES string of the molecule is COc1ccc(NC(C)=O)cc1NC(=O)C1CN(c2nc3c(F)cccc3s2)C1. The number of fused-ring (bicyclic) bond motifs is 1. The summed E-state index contributed by atoms with van der Waals surface area (Å²) in [5.74, 6) is -0.404. The molecule has 0 atom stereocenters. The Hall–Kier alpha value is -3.20. The predicted molar refractivity (Wildman–Crippen MR) is 111 cm³/mol. The first-order valence-electron chi connectivity index (χ1n) is 9.01. The van der Waals surface area contributed by atoms with Crippen LogP contribution >= 0.6 is 11.3 Å². The van der Waals surface area contributed by atoms with Gasteiger partial charge in [0.2, 0.25) is 11.8 Å². The lowest BCUT2D eigenvalue weighted by Crippen LogP contribution is -2.52. The number of anilines is 3. The van der Waals surface area contributed by atoms with Crippen molar-refractivity contribution < 1.29 is 18.7 Å². The highest BCUT2D eigenvalue weighted by Crippen LogP contribution is 2.35. The largest absolute Gasteiger partial charge is 0.495 e. The molecule has 1 aliphatic rings. The van der Waals surface area contributed by atoms with Crippen molar-refractivity contribution in [2.24, 2.45) is 5.92 Å². The molecule has 0 unspecified atom stereocenters. The van der Waals surface area contributed by atoms with E-state index in [9.17, 15) is 14.0 Å². The van der Waals surface area contributed by atoms with Gasteiger partial charge in [0.1, 0.15) is 17.1 Å². The van der Waals surface area contributed by atoms with Crippen LogP contribution in [0, 0.1) is 11.7 Å². The molecule has 0 bridgehead atoms. The molecule has 1 saturated heterocycles. The summed E-state index contributed by atoms with van der Waals surface area (Å²) >= 11 is 1.41. The Morgan fingerprint density at radius 1 is 1.24 bits per heavy atom. The lowest BCUT2D eigenvalue weighted by Gasteiger charge is -2.38. The predicted octanol–water partition coefficient (Wildman–Crippen LogP) is 3.48. The Bertz CT molecular complexity index is 1090. The minimum absolute atomic E-state index is 0.146. The van der Waals surface area contributed by atoms with Crippen LogP contribution in [-0.2, 0) is 9.59 Å². The monoisotopic (exact) mass is 414 g/mol. The molecule has 2 heterocycles. The zero-order valence-corrected chi connectivity index (χ0v) is 16.7. The van der Waals surface area contributed by atoms with Crippen LogP contribution in [0.5, 0.6) is 5.75 Å². The van der Waals surface area contributed by atoms with E-state index in [-0.39, 0.29) is 23.5 Å². The van der Waals surface area contributed by atoms with Gasteiger partial charge >= 0.3 is 0 Å². The second-order valence-corrected chi connectivity index (χ2v) is 7.78. The third-order valence-corrected chi connectivity index (χ3v) is 5.74. The number of para-hydroxylation sites is 1. The Balaban J connectivity index is 1.43. The van der Waals surface area contributed by atoms with Crippen LogP contribution in [0.2, 0.25) is 0 Å². The number of rotatable bonds is 5. The molecule has 4 rings (SSSR count). The molecule has 0 spiro atoms. The van der Waals surface area contributed by atoms with Crippen LogP contribution in [-0.4, -0.2) is 37.0 Å². The molecule has 2 aromatic carbocycles. The molecule has 150 valence electrons. The molecular weight excluding hydrogens is 395 g/mol. The number of hydrogen-bond donors (Lipinski definition) is 2. The van der Waals surface area contributed by atoms with Gasteiger partial charge in [-0.15, -0.1) is 0 Å². The first-order valence-corrected chi connectivity index (χ1v) is 9.82. The molecule has 2 amide bonds. The van der Waals surface area contributed by atoms with Gasteiger partial charge < -0.3 is 20.3 Å². The number of methoxy groups -OCH3 is 1. The summed E-state index contributed by atoms with van der Waals surface area (Å²) < 4.78 is 19.9. The smallest absolute Gasteiger partial charge is 0.231 e. The molecule has 0 aliphatic carbocycles. The van der Waals surface area contributed by atoms with Crippen LogP contribution in [0.4, 0.5) is 20.9 Å². The molecule has 7 nitrogen and oxygen atoms in total. The van der Waals surface area contributed by atoms with Gasteiger partial charge in [-0.2, -0.15) is 0 Å². The molecule has 3 aromatic rings. The molecule has 9 heteroatoms. The van der Waals surface area contributed by atoms with Gasteiger partial charge in [-0.05, 0) is 30.3 Å².